The van der Waals surface area contributed by atoms with Gasteiger partial charge in [-0.25, -0.2) is 4.79 Å². The standard InChI is InChI=1S/C16H30O7/c1-3-5-10-21-15(22-11-6-4-2)12-23-13(16(19)20)8-7-9-14(17)18/h13,15H,3-12H2,1-2H3,(H,17,18)(H,19,20). The molecule has 0 aromatic heterocycles. The van der Waals surface area contributed by atoms with Crippen molar-refractivity contribution in [3.8, 4) is 0 Å². The van der Waals surface area contributed by atoms with Crippen LogP contribution in [0.2, 0.25) is 0 Å². The molecule has 0 heterocycles. The summed E-state index contributed by atoms with van der Waals surface area (Å²) in [6.07, 6.45) is 2.49. The van der Waals surface area contributed by atoms with Crippen molar-refractivity contribution in [3.05, 3.63) is 0 Å². The lowest BCUT2D eigenvalue weighted by atomic mass is 10.1. The molecule has 0 rings (SSSR count). The van der Waals surface area contributed by atoms with Gasteiger partial charge in [-0.2, -0.15) is 0 Å². The molecule has 0 aliphatic heterocycles. The molecule has 2 N–H and O–H groups in total. The Hall–Kier alpha value is -1.18. The lowest BCUT2D eigenvalue weighted by Gasteiger charge is -2.21. The molecule has 0 aromatic carbocycles. The molecule has 1 unspecified atom stereocenters. The van der Waals surface area contributed by atoms with E-state index in [1.165, 1.54) is 0 Å². The van der Waals surface area contributed by atoms with Crippen LogP contribution in [0.5, 0.6) is 0 Å². The number of aliphatic carboxylic acids is 2. The van der Waals surface area contributed by atoms with Crippen molar-refractivity contribution in [2.24, 2.45) is 0 Å². The summed E-state index contributed by atoms with van der Waals surface area (Å²) in [6.45, 7) is 5.20. The molecule has 0 fully saturated rings. The smallest absolute Gasteiger partial charge is 0.332 e. The van der Waals surface area contributed by atoms with Crippen molar-refractivity contribution in [2.75, 3.05) is 19.8 Å². The van der Waals surface area contributed by atoms with Gasteiger partial charge in [-0.1, -0.05) is 26.7 Å². The maximum absolute atomic E-state index is 11.2. The number of ether oxygens (including phenoxy) is 3. The topological polar surface area (TPSA) is 102 Å². The van der Waals surface area contributed by atoms with Crippen LogP contribution >= 0.6 is 0 Å². The molecule has 23 heavy (non-hydrogen) atoms. The molecule has 136 valence electrons. The van der Waals surface area contributed by atoms with Gasteiger partial charge in [0.25, 0.3) is 0 Å². The summed E-state index contributed by atoms with van der Waals surface area (Å²) in [4.78, 5) is 21.6. The number of hydrogen-bond acceptors (Lipinski definition) is 5. The van der Waals surface area contributed by atoms with E-state index in [2.05, 4.69) is 13.8 Å². The third kappa shape index (κ3) is 13.0. The monoisotopic (exact) mass is 334 g/mol. The Bertz CT molecular complexity index is 310. The first-order valence-electron chi connectivity index (χ1n) is 8.30. The van der Waals surface area contributed by atoms with E-state index in [0.717, 1.165) is 25.7 Å². The predicted molar refractivity (Wildman–Crippen MR) is 84.4 cm³/mol. The van der Waals surface area contributed by atoms with Gasteiger partial charge in [-0.05, 0) is 25.7 Å². The molecule has 0 amide bonds. The SMILES string of the molecule is CCCCOC(COC(CCCC(=O)O)C(=O)O)OCCCC. The lowest BCUT2D eigenvalue weighted by Crippen LogP contribution is -2.31. The Kier molecular flexibility index (Phi) is 13.7. The first-order chi connectivity index (χ1) is 11.0. The largest absolute Gasteiger partial charge is 0.481 e. The van der Waals surface area contributed by atoms with E-state index in [-0.39, 0.29) is 25.9 Å². The van der Waals surface area contributed by atoms with Crippen LogP contribution in [0, 0.1) is 0 Å². The highest BCUT2D eigenvalue weighted by Gasteiger charge is 2.21. The second-order valence-electron chi connectivity index (χ2n) is 5.32. The molecule has 1 atom stereocenters. The molecular formula is C16H30O7. The number of rotatable bonds is 16. The molecular weight excluding hydrogens is 304 g/mol. The van der Waals surface area contributed by atoms with Crippen molar-refractivity contribution in [1.29, 1.82) is 0 Å². The molecule has 0 spiro atoms. The van der Waals surface area contributed by atoms with Crippen molar-refractivity contribution < 1.29 is 34.0 Å². The number of carboxylic acid groups (broad SMARTS) is 2. The lowest BCUT2D eigenvalue weighted by molar-refractivity contribution is -0.189. The Labute approximate surface area is 137 Å². The van der Waals surface area contributed by atoms with Gasteiger partial charge in [0.15, 0.2) is 12.4 Å². The van der Waals surface area contributed by atoms with Crippen LogP contribution < -0.4 is 0 Å². The zero-order chi connectivity index (χ0) is 17.5. The maximum Gasteiger partial charge on any atom is 0.332 e. The second kappa shape index (κ2) is 14.4. The zero-order valence-electron chi connectivity index (χ0n) is 14.2. The zero-order valence-corrected chi connectivity index (χ0v) is 14.2. The highest BCUT2D eigenvalue weighted by molar-refractivity contribution is 5.72. The summed E-state index contributed by atoms with van der Waals surface area (Å²) in [7, 11) is 0. The van der Waals surface area contributed by atoms with Crippen molar-refractivity contribution in [3.63, 3.8) is 0 Å². The summed E-state index contributed by atoms with van der Waals surface area (Å²) in [5.74, 6) is -2.05. The molecule has 7 nitrogen and oxygen atoms in total. The number of carboxylic acids is 2. The summed E-state index contributed by atoms with van der Waals surface area (Å²) in [6, 6.07) is 0. The number of hydrogen-bond donors (Lipinski definition) is 2. The summed E-state index contributed by atoms with van der Waals surface area (Å²) < 4.78 is 16.5. The fourth-order valence-electron chi connectivity index (χ4n) is 1.77. The summed E-state index contributed by atoms with van der Waals surface area (Å²) in [5.41, 5.74) is 0. The molecule has 0 aliphatic carbocycles. The Morgan fingerprint density at radius 3 is 1.91 bits per heavy atom. The van der Waals surface area contributed by atoms with Crippen LogP contribution in [0.1, 0.15) is 58.8 Å². The van der Waals surface area contributed by atoms with E-state index in [0.29, 0.717) is 13.2 Å². The van der Waals surface area contributed by atoms with Gasteiger partial charge in [-0.3, -0.25) is 4.79 Å². The quantitative estimate of drug-likeness (QED) is 0.330. The second-order valence-corrected chi connectivity index (χ2v) is 5.32. The van der Waals surface area contributed by atoms with E-state index in [4.69, 9.17) is 24.4 Å². The molecule has 0 bridgehead atoms. The Morgan fingerprint density at radius 1 is 0.913 bits per heavy atom. The van der Waals surface area contributed by atoms with Crippen LogP contribution in [0.4, 0.5) is 0 Å². The number of carbonyl (C=O) groups is 2. The average Bonchev–Trinajstić information content (AvgIpc) is 2.49. The van der Waals surface area contributed by atoms with Crippen LogP contribution in [-0.4, -0.2) is 54.4 Å². The highest BCUT2D eigenvalue weighted by Crippen LogP contribution is 2.09. The molecule has 0 saturated heterocycles. The van der Waals surface area contributed by atoms with Crippen molar-refractivity contribution in [1.82, 2.24) is 0 Å². The fraction of sp³-hybridized carbons (Fsp3) is 0.875. The minimum atomic E-state index is -1.10. The summed E-state index contributed by atoms with van der Waals surface area (Å²) >= 11 is 0. The van der Waals surface area contributed by atoms with E-state index >= 15 is 0 Å². The van der Waals surface area contributed by atoms with Gasteiger partial charge in [0.05, 0.1) is 6.61 Å². The van der Waals surface area contributed by atoms with Crippen molar-refractivity contribution >= 4 is 11.9 Å². The van der Waals surface area contributed by atoms with Crippen LogP contribution in [0.25, 0.3) is 0 Å². The molecule has 0 aliphatic rings. The highest BCUT2D eigenvalue weighted by atomic mass is 16.7. The third-order valence-electron chi connectivity index (χ3n) is 3.17. The number of unbranched alkanes of at least 4 members (excludes halogenated alkanes) is 2. The van der Waals surface area contributed by atoms with E-state index in [1.54, 1.807) is 0 Å². The first-order valence-corrected chi connectivity index (χ1v) is 8.30. The molecule has 0 aromatic rings. The van der Waals surface area contributed by atoms with Gasteiger partial charge in [0.1, 0.15) is 0 Å². The normalized spacial score (nSPS) is 12.5. The van der Waals surface area contributed by atoms with Crippen LogP contribution in [0.3, 0.4) is 0 Å². The summed E-state index contributed by atoms with van der Waals surface area (Å²) in [5, 5.41) is 17.7. The maximum atomic E-state index is 11.2. The minimum absolute atomic E-state index is 0.0253. The Balaban J connectivity index is 4.25. The average molecular weight is 334 g/mol. The van der Waals surface area contributed by atoms with Gasteiger partial charge < -0.3 is 24.4 Å². The van der Waals surface area contributed by atoms with Crippen LogP contribution in [0.15, 0.2) is 0 Å². The van der Waals surface area contributed by atoms with Crippen molar-refractivity contribution in [2.45, 2.75) is 71.2 Å². The third-order valence-corrected chi connectivity index (χ3v) is 3.17. The molecule has 0 radical (unpaired) electrons. The molecule has 0 saturated carbocycles. The first kappa shape index (κ1) is 21.8. The van der Waals surface area contributed by atoms with E-state index < -0.39 is 24.3 Å². The minimum Gasteiger partial charge on any atom is -0.481 e. The molecule has 7 heteroatoms. The fourth-order valence-corrected chi connectivity index (χ4v) is 1.77. The predicted octanol–water partition coefficient (Wildman–Crippen LogP) is 2.67. The van der Waals surface area contributed by atoms with Gasteiger partial charge in [0, 0.05) is 19.6 Å². The van der Waals surface area contributed by atoms with E-state index in [9.17, 15) is 9.59 Å². The van der Waals surface area contributed by atoms with Crippen LogP contribution in [-0.2, 0) is 23.8 Å². The van der Waals surface area contributed by atoms with Gasteiger partial charge in [0.2, 0.25) is 0 Å². The van der Waals surface area contributed by atoms with E-state index in [1.807, 2.05) is 0 Å². The van der Waals surface area contributed by atoms with Gasteiger partial charge >= 0.3 is 11.9 Å². The Morgan fingerprint density at radius 2 is 1.48 bits per heavy atom. The van der Waals surface area contributed by atoms with Gasteiger partial charge in [-0.15, -0.1) is 0 Å².